The summed E-state index contributed by atoms with van der Waals surface area (Å²) in [4.78, 5) is 14.1. The van der Waals surface area contributed by atoms with Gasteiger partial charge in [0.1, 0.15) is 16.0 Å². The average molecular weight is 308 g/mol. The minimum absolute atomic E-state index is 0.0145. The van der Waals surface area contributed by atoms with E-state index in [2.05, 4.69) is 5.32 Å². The van der Waals surface area contributed by atoms with Crippen molar-refractivity contribution in [3.05, 3.63) is 35.4 Å². The zero-order chi connectivity index (χ0) is 15.0. The number of rotatable bonds is 2. The van der Waals surface area contributed by atoms with Gasteiger partial charge in [-0.05, 0) is 30.9 Å². The molecule has 2 aliphatic heterocycles. The minimum Gasteiger partial charge on any atom is -0.319 e. The van der Waals surface area contributed by atoms with Crippen molar-refractivity contribution in [2.45, 2.75) is 32.0 Å². The Labute approximate surface area is 125 Å². The number of hydrogen-bond donors (Lipinski definition) is 1. The maximum atomic E-state index is 12.2. The van der Waals surface area contributed by atoms with Gasteiger partial charge < -0.3 is 4.90 Å². The van der Waals surface area contributed by atoms with E-state index in [9.17, 15) is 13.2 Å². The summed E-state index contributed by atoms with van der Waals surface area (Å²) in [6.07, 6.45) is 0.945. The molecule has 2 aliphatic rings. The third-order valence-corrected chi connectivity index (χ3v) is 6.13. The van der Waals surface area contributed by atoms with Crippen molar-refractivity contribution in [1.82, 2.24) is 10.2 Å². The zero-order valence-electron chi connectivity index (χ0n) is 12.1. The van der Waals surface area contributed by atoms with Crippen LogP contribution in [0.3, 0.4) is 0 Å². The Hall–Kier alpha value is -1.40. The number of nitrogens with one attached hydrogen (secondary N) is 1. The third kappa shape index (κ3) is 2.82. The molecule has 21 heavy (non-hydrogen) atoms. The fourth-order valence-electron chi connectivity index (χ4n) is 3.24. The van der Waals surface area contributed by atoms with Crippen molar-refractivity contribution < 1.29 is 13.2 Å². The normalized spacial score (nSPS) is 26.2. The van der Waals surface area contributed by atoms with Crippen LogP contribution < -0.4 is 5.32 Å². The number of carbonyl (C=O) groups is 1. The molecular formula is C15H20N2O3S. The number of nitrogens with zero attached hydrogens (tertiary/aromatic N) is 1. The van der Waals surface area contributed by atoms with Crippen LogP contribution in [-0.4, -0.2) is 43.3 Å². The van der Waals surface area contributed by atoms with Crippen molar-refractivity contribution in [1.29, 1.82) is 0 Å². The highest BCUT2D eigenvalue weighted by Gasteiger charge is 2.39. The molecule has 6 heteroatoms. The second-order valence-corrected chi connectivity index (χ2v) is 8.13. The second kappa shape index (κ2) is 5.42. The molecule has 1 aromatic carbocycles. The maximum absolute atomic E-state index is 12.2. The lowest BCUT2D eigenvalue weighted by molar-refractivity contribution is -0.130. The molecule has 0 spiro atoms. The molecule has 1 aromatic rings. The lowest BCUT2D eigenvalue weighted by atomic mass is 10.0. The third-order valence-electron chi connectivity index (χ3n) is 4.41. The van der Waals surface area contributed by atoms with Gasteiger partial charge in [0.15, 0.2) is 0 Å². The van der Waals surface area contributed by atoms with Gasteiger partial charge in [0.2, 0.25) is 5.91 Å². The number of hydrogen-bond acceptors (Lipinski definition) is 4. The first-order chi connectivity index (χ1) is 9.98. The first kappa shape index (κ1) is 14.5. The zero-order valence-corrected chi connectivity index (χ0v) is 12.9. The Morgan fingerprint density at radius 3 is 2.52 bits per heavy atom. The van der Waals surface area contributed by atoms with Crippen molar-refractivity contribution >= 4 is 15.7 Å². The molecule has 0 radical (unpaired) electrons. The van der Waals surface area contributed by atoms with E-state index >= 15 is 0 Å². The van der Waals surface area contributed by atoms with E-state index in [1.165, 1.54) is 0 Å². The molecule has 0 aromatic heterocycles. The van der Waals surface area contributed by atoms with Gasteiger partial charge in [-0.15, -0.1) is 0 Å². The molecule has 0 bridgehead atoms. The van der Waals surface area contributed by atoms with E-state index in [1.54, 1.807) is 0 Å². The van der Waals surface area contributed by atoms with Gasteiger partial charge in [-0.1, -0.05) is 24.3 Å². The van der Waals surface area contributed by atoms with Gasteiger partial charge in [0.25, 0.3) is 0 Å². The lowest BCUT2D eigenvalue weighted by Crippen LogP contribution is -2.44. The van der Waals surface area contributed by atoms with Gasteiger partial charge in [0.05, 0.1) is 18.1 Å². The fraction of sp³-hybridized carbons (Fsp3) is 0.533. The molecule has 1 unspecified atom stereocenters. The highest BCUT2D eigenvalue weighted by Crippen LogP contribution is 2.31. The Morgan fingerprint density at radius 2 is 1.86 bits per heavy atom. The molecule has 0 saturated carbocycles. The lowest BCUT2D eigenvalue weighted by Gasteiger charge is -2.35. The van der Waals surface area contributed by atoms with Crippen LogP contribution in [0.25, 0.3) is 0 Å². The number of amides is 1. The van der Waals surface area contributed by atoms with Crippen LogP contribution in [-0.2, 0) is 14.6 Å². The summed E-state index contributed by atoms with van der Waals surface area (Å²) in [7, 11) is -2.91. The van der Waals surface area contributed by atoms with Crippen LogP contribution in [0, 0.1) is 6.92 Å². The molecule has 1 N–H and O–H groups in total. The molecule has 1 atom stereocenters. The van der Waals surface area contributed by atoms with Gasteiger partial charge in [-0.25, -0.2) is 8.42 Å². The van der Waals surface area contributed by atoms with E-state index in [0.29, 0.717) is 19.4 Å². The summed E-state index contributed by atoms with van der Waals surface area (Å²) < 4.78 is 23.2. The van der Waals surface area contributed by atoms with E-state index in [-0.39, 0.29) is 29.6 Å². The molecule has 2 saturated heterocycles. The van der Waals surface area contributed by atoms with E-state index in [0.717, 1.165) is 11.1 Å². The first-order valence-electron chi connectivity index (χ1n) is 7.28. The summed E-state index contributed by atoms with van der Waals surface area (Å²) >= 11 is 0. The quantitative estimate of drug-likeness (QED) is 0.885. The number of carbonyl (C=O) groups excluding carboxylic acids is 1. The van der Waals surface area contributed by atoms with Crippen LogP contribution in [0.2, 0.25) is 0 Å². The number of aryl methyl sites for hydroxylation is 1. The molecule has 0 aliphatic carbocycles. The van der Waals surface area contributed by atoms with Gasteiger partial charge in [-0.2, -0.15) is 0 Å². The molecule has 3 rings (SSSR count). The van der Waals surface area contributed by atoms with Gasteiger partial charge >= 0.3 is 0 Å². The van der Waals surface area contributed by atoms with E-state index in [1.807, 2.05) is 36.1 Å². The maximum Gasteiger partial charge on any atom is 0.238 e. The van der Waals surface area contributed by atoms with Crippen molar-refractivity contribution in [2.24, 2.45) is 0 Å². The largest absolute Gasteiger partial charge is 0.319 e. The average Bonchev–Trinajstić information content (AvgIpc) is 2.81. The molecular weight excluding hydrogens is 288 g/mol. The molecule has 1 amide bonds. The highest BCUT2D eigenvalue weighted by molar-refractivity contribution is 7.91. The Balaban J connectivity index is 1.85. The highest BCUT2D eigenvalue weighted by atomic mass is 32.2. The van der Waals surface area contributed by atoms with Crippen molar-refractivity contribution in [3.8, 4) is 0 Å². The van der Waals surface area contributed by atoms with Crippen molar-refractivity contribution in [3.63, 3.8) is 0 Å². The van der Waals surface area contributed by atoms with Gasteiger partial charge in [0, 0.05) is 6.04 Å². The van der Waals surface area contributed by atoms with Crippen molar-refractivity contribution in [2.75, 3.05) is 18.1 Å². The predicted octanol–water partition coefficient (Wildman–Crippen LogP) is 1.00. The van der Waals surface area contributed by atoms with E-state index in [4.69, 9.17) is 0 Å². The SMILES string of the molecule is Cc1ccccc1C1NCC(=O)N1C1CCS(=O)(=O)CC1. The Bertz CT molecular complexity index is 643. The molecule has 114 valence electrons. The Morgan fingerprint density at radius 1 is 1.19 bits per heavy atom. The summed E-state index contributed by atoms with van der Waals surface area (Å²) in [5.41, 5.74) is 2.23. The molecule has 2 heterocycles. The standard InChI is InChI=1S/C15H20N2O3S/c1-11-4-2-3-5-13(11)15-16-10-14(18)17(15)12-6-8-21(19,20)9-7-12/h2-5,12,15-16H,6-10H2,1H3. The number of benzene rings is 1. The summed E-state index contributed by atoms with van der Waals surface area (Å²) in [6, 6.07) is 8.02. The summed E-state index contributed by atoms with van der Waals surface area (Å²) in [5.74, 6) is 0.428. The first-order valence-corrected chi connectivity index (χ1v) is 9.10. The topological polar surface area (TPSA) is 66.5 Å². The predicted molar refractivity (Wildman–Crippen MR) is 80.4 cm³/mol. The van der Waals surface area contributed by atoms with Gasteiger partial charge in [-0.3, -0.25) is 10.1 Å². The summed E-state index contributed by atoms with van der Waals surface area (Å²) in [6.45, 7) is 2.35. The fourth-order valence-corrected chi connectivity index (χ4v) is 4.71. The second-order valence-electron chi connectivity index (χ2n) is 5.82. The number of sulfone groups is 1. The van der Waals surface area contributed by atoms with Crippen LogP contribution in [0.5, 0.6) is 0 Å². The van der Waals surface area contributed by atoms with E-state index < -0.39 is 9.84 Å². The minimum atomic E-state index is -2.91. The monoisotopic (exact) mass is 308 g/mol. The smallest absolute Gasteiger partial charge is 0.238 e. The van der Waals surface area contributed by atoms with Crippen LogP contribution in [0.1, 0.15) is 30.1 Å². The molecule has 5 nitrogen and oxygen atoms in total. The summed E-state index contributed by atoms with van der Waals surface area (Å²) in [5, 5.41) is 3.26. The van der Waals surface area contributed by atoms with Crippen LogP contribution in [0.4, 0.5) is 0 Å². The molecule has 2 fully saturated rings. The van der Waals surface area contributed by atoms with Crippen LogP contribution in [0.15, 0.2) is 24.3 Å². The Kier molecular flexibility index (Phi) is 3.75. The van der Waals surface area contributed by atoms with Crippen LogP contribution >= 0.6 is 0 Å².